The summed E-state index contributed by atoms with van der Waals surface area (Å²) in [5.41, 5.74) is 4.92. The lowest BCUT2D eigenvalue weighted by atomic mass is 9.94. The number of allylic oxidation sites excluding steroid dienone is 1. The van der Waals surface area contributed by atoms with Gasteiger partial charge in [0.2, 0.25) is 0 Å². The van der Waals surface area contributed by atoms with Crippen LogP contribution in [-0.4, -0.2) is 21.6 Å². The van der Waals surface area contributed by atoms with Crippen molar-refractivity contribution in [1.29, 1.82) is 0 Å². The van der Waals surface area contributed by atoms with E-state index in [2.05, 4.69) is 37.0 Å². The van der Waals surface area contributed by atoms with Gasteiger partial charge in [-0.3, -0.25) is 9.59 Å². The number of amides is 2. The van der Waals surface area contributed by atoms with E-state index in [-0.39, 0.29) is 11.8 Å². The molecular formula is C28H24BrN5O2. The van der Waals surface area contributed by atoms with Crippen molar-refractivity contribution in [3.63, 3.8) is 0 Å². The number of nitrogens with one attached hydrogen (secondary N) is 3. The monoisotopic (exact) mass is 541 g/mol. The molecule has 36 heavy (non-hydrogen) atoms. The zero-order chi connectivity index (χ0) is 25.2. The Balaban J connectivity index is 1.53. The minimum Gasteiger partial charge on any atom is -0.343 e. The third-order valence-electron chi connectivity index (χ3n) is 6.04. The zero-order valence-electron chi connectivity index (χ0n) is 19.7. The number of hydrogen-bond donors (Lipinski definition) is 3. The molecule has 1 atom stereocenters. The summed E-state index contributed by atoms with van der Waals surface area (Å²) in [5, 5.41) is 13.7. The molecule has 1 aliphatic heterocycles. The fraction of sp³-hybridized carbons (Fsp3) is 0.107. The van der Waals surface area contributed by atoms with Crippen LogP contribution in [0.25, 0.3) is 0 Å². The van der Waals surface area contributed by atoms with Gasteiger partial charge in [-0.05, 0) is 55.8 Å². The molecule has 1 aromatic heterocycles. The van der Waals surface area contributed by atoms with Crippen LogP contribution in [0.3, 0.4) is 0 Å². The van der Waals surface area contributed by atoms with Gasteiger partial charge in [0.25, 0.3) is 11.8 Å². The molecule has 0 saturated carbocycles. The van der Waals surface area contributed by atoms with Gasteiger partial charge in [0.1, 0.15) is 17.4 Å². The molecule has 5 rings (SSSR count). The Morgan fingerprint density at radius 3 is 2.19 bits per heavy atom. The summed E-state index contributed by atoms with van der Waals surface area (Å²) in [6.07, 6.45) is 1.53. The summed E-state index contributed by atoms with van der Waals surface area (Å²) in [4.78, 5) is 26.7. The number of nitrogens with zero attached hydrogens (tertiary/aromatic N) is 2. The van der Waals surface area contributed by atoms with Crippen LogP contribution in [0, 0.1) is 6.92 Å². The second-order valence-electron chi connectivity index (χ2n) is 8.61. The number of para-hydroxylation sites is 1. The largest absolute Gasteiger partial charge is 0.343 e. The smallest absolute Gasteiger partial charge is 0.261 e. The predicted octanol–water partition coefficient (Wildman–Crippen LogP) is 6.13. The van der Waals surface area contributed by atoms with Gasteiger partial charge >= 0.3 is 0 Å². The highest BCUT2D eigenvalue weighted by atomic mass is 79.9. The van der Waals surface area contributed by atoms with Gasteiger partial charge in [-0.1, -0.05) is 64.0 Å². The average Bonchev–Trinajstić information content (AvgIpc) is 3.29. The quantitative estimate of drug-likeness (QED) is 0.283. The van der Waals surface area contributed by atoms with Crippen LogP contribution >= 0.6 is 15.9 Å². The van der Waals surface area contributed by atoms with Crippen LogP contribution in [0.4, 0.5) is 17.2 Å². The summed E-state index contributed by atoms with van der Waals surface area (Å²) in [6.45, 7) is 3.83. The number of fused-ring (bicyclic) bond motifs is 1. The highest BCUT2D eigenvalue weighted by Crippen LogP contribution is 2.38. The molecule has 0 saturated heterocycles. The predicted molar refractivity (Wildman–Crippen MR) is 145 cm³/mol. The second kappa shape index (κ2) is 9.83. The maximum absolute atomic E-state index is 13.5. The third-order valence-corrected chi connectivity index (χ3v) is 6.57. The highest BCUT2D eigenvalue weighted by Gasteiger charge is 2.35. The van der Waals surface area contributed by atoms with Crippen molar-refractivity contribution in [2.45, 2.75) is 19.9 Å². The maximum Gasteiger partial charge on any atom is 0.261 e. The number of anilines is 3. The van der Waals surface area contributed by atoms with Gasteiger partial charge in [0.15, 0.2) is 0 Å². The molecule has 0 unspecified atom stereocenters. The van der Waals surface area contributed by atoms with E-state index in [1.165, 1.54) is 6.20 Å². The maximum atomic E-state index is 13.5. The molecule has 180 valence electrons. The van der Waals surface area contributed by atoms with Crippen LogP contribution in [0.5, 0.6) is 0 Å². The van der Waals surface area contributed by atoms with Crippen molar-refractivity contribution in [3.8, 4) is 0 Å². The fourth-order valence-corrected chi connectivity index (χ4v) is 4.49. The van der Waals surface area contributed by atoms with E-state index < -0.39 is 6.04 Å². The van der Waals surface area contributed by atoms with Crippen molar-refractivity contribution in [1.82, 2.24) is 9.78 Å². The van der Waals surface area contributed by atoms with E-state index >= 15 is 0 Å². The van der Waals surface area contributed by atoms with Crippen molar-refractivity contribution in [3.05, 3.63) is 117 Å². The first-order chi connectivity index (χ1) is 17.4. The molecule has 4 aromatic rings. The molecule has 0 bridgehead atoms. The van der Waals surface area contributed by atoms with Crippen LogP contribution in [0.2, 0.25) is 0 Å². The SMILES string of the molecule is CC1=C(C(=O)Nc2ccccc2)[C@H](c2ccc(Br)cc2)n2ncc(C(=O)Nc3ccc(C)cc3)c2N1. The van der Waals surface area contributed by atoms with Crippen LogP contribution < -0.4 is 16.0 Å². The van der Waals surface area contributed by atoms with Gasteiger partial charge in [-0.2, -0.15) is 5.10 Å². The molecule has 1 aliphatic rings. The van der Waals surface area contributed by atoms with Crippen molar-refractivity contribution in [2.75, 3.05) is 16.0 Å². The number of carbonyl (C=O) groups excluding carboxylic acids is 2. The van der Waals surface area contributed by atoms with Crippen LogP contribution in [0.15, 0.2) is 101 Å². The minimum atomic E-state index is -0.529. The van der Waals surface area contributed by atoms with E-state index in [1.807, 2.05) is 92.7 Å². The van der Waals surface area contributed by atoms with Crippen LogP contribution in [-0.2, 0) is 4.79 Å². The van der Waals surface area contributed by atoms with Gasteiger partial charge in [-0.25, -0.2) is 4.68 Å². The molecule has 2 amide bonds. The number of aromatic nitrogens is 2. The van der Waals surface area contributed by atoms with Crippen LogP contribution in [0.1, 0.15) is 34.5 Å². The van der Waals surface area contributed by atoms with E-state index in [9.17, 15) is 9.59 Å². The lowest BCUT2D eigenvalue weighted by molar-refractivity contribution is -0.113. The first kappa shape index (κ1) is 23.6. The van der Waals surface area contributed by atoms with Crippen molar-refractivity contribution >= 4 is 44.9 Å². The standard InChI is InChI=1S/C28H24BrN5O2/c1-17-8-14-22(15-9-17)32-27(35)23-16-30-34-25(19-10-12-20(29)13-11-19)24(18(2)31-26(23)34)28(36)33-21-6-4-3-5-7-21/h3-16,25,31H,1-2H3,(H,32,35)(H,33,36)/t25-/m0/s1. The minimum absolute atomic E-state index is 0.245. The molecule has 3 aromatic carbocycles. The molecule has 7 nitrogen and oxygen atoms in total. The summed E-state index contributed by atoms with van der Waals surface area (Å²) >= 11 is 3.48. The second-order valence-corrected chi connectivity index (χ2v) is 9.53. The molecule has 0 radical (unpaired) electrons. The zero-order valence-corrected chi connectivity index (χ0v) is 21.3. The van der Waals surface area contributed by atoms with Gasteiger partial charge in [0, 0.05) is 21.5 Å². The lowest BCUT2D eigenvalue weighted by Crippen LogP contribution is -2.32. The Hall–Kier alpha value is -4.17. The first-order valence-electron chi connectivity index (χ1n) is 11.5. The molecule has 3 N–H and O–H groups in total. The topological polar surface area (TPSA) is 88.0 Å². The number of carbonyl (C=O) groups is 2. The summed E-state index contributed by atoms with van der Waals surface area (Å²) in [7, 11) is 0. The number of rotatable bonds is 5. The molecule has 0 fully saturated rings. The Bertz CT molecular complexity index is 1460. The first-order valence-corrected chi connectivity index (χ1v) is 12.2. The van der Waals surface area contributed by atoms with E-state index in [0.717, 1.165) is 15.6 Å². The number of aryl methyl sites for hydroxylation is 1. The van der Waals surface area contributed by atoms with Gasteiger partial charge < -0.3 is 16.0 Å². The molecule has 0 aliphatic carbocycles. The lowest BCUT2D eigenvalue weighted by Gasteiger charge is -2.30. The Morgan fingerprint density at radius 1 is 0.861 bits per heavy atom. The number of benzene rings is 3. The molecular weight excluding hydrogens is 518 g/mol. The van der Waals surface area contributed by atoms with Crippen molar-refractivity contribution in [2.24, 2.45) is 0 Å². The van der Waals surface area contributed by atoms with Gasteiger partial charge in [-0.15, -0.1) is 0 Å². The van der Waals surface area contributed by atoms with E-state index in [1.54, 1.807) is 4.68 Å². The normalized spacial score (nSPS) is 14.6. The summed E-state index contributed by atoms with van der Waals surface area (Å²) in [5.74, 6) is -0.000589. The molecule has 8 heteroatoms. The van der Waals surface area contributed by atoms with E-state index in [0.29, 0.717) is 34.0 Å². The summed E-state index contributed by atoms with van der Waals surface area (Å²) in [6, 6.07) is 24.1. The summed E-state index contributed by atoms with van der Waals surface area (Å²) < 4.78 is 2.62. The fourth-order valence-electron chi connectivity index (χ4n) is 4.22. The Labute approximate surface area is 217 Å². The molecule has 2 heterocycles. The number of halogens is 1. The van der Waals surface area contributed by atoms with E-state index in [4.69, 9.17) is 0 Å². The highest BCUT2D eigenvalue weighted by molar-refractivity contribution is 9.10. The van der Waals surface area contributed by atoms with Gasteiger partial charge in [0.05, 0.1) is 11.8 Å². The third kappa shape index (κ3) is 4.67. The molecule has 0 spiro atoms. The Morgan fingerprint density at radius 2 is 1.50 bits per heavy atom. The Kier molecular flexibility index (Phi) is 6.43. The number of hydrogen-bond acceptors (Lipinski definition) is 4. The van der Waals surface area contributed by atoms with Crippen molar-refractivity contribution < 1.29 is 9.59 Å². The average molecular weight is 542 g/mol.